The number of hydrogen-bond donors (Lipinski definition) is 3. The summed E-state index contributed by atoms with van der Waals surface area (Å²) >= 11 is 1.47. The summed E-state index contributed by atoms with van der Waals surface area (Å²) in [5, 5.41) is 16.2. The molecule has 1 aromatic heterocycles. The molecule has 0 unspecified atom stereocenters. The van der Waals surface area contributed by atoms with Gasteiger partial charge in [0.15, 0.2) is 5.75 Å². The zero-order valence-electron chi connectivity index (χ0n) is 22.8. The smallest absolute Gasteiger partial charge is 0.414 e. The average Bonchev–Trinajstić information content (AvgIpc) is 3.73. The molecule has 3 aromatic rings. The van der Waals surface area contributed by atoms with Crippen molar-refractivity contribution in [1.29, 1.82) is 0 Å². The summed E-state index contributed by atoms with van der Waals surface area (Å²) in [5.41, 5.74) is 2.11. The van der Waals surface area contributed by atoms with Gasteiger partial charge in [-0.3, -0.25) is 14.5 Å². The number of aromatic nitrogens is 1. The van der Waals surface area contributed by atoms with Crippen LogP contribution in [-0.4, -0.2) is 78.8 Å². The Hall–Kier alpha value is -4.23. The number of benzene rings is 2. The number of ether oxygens (including phenoxy) is 2. The summed E-state index contributed by atoms with van der Waals surface area (Å²) in [7, 11) is 1.57. The fraction of sp³-hybridized carbons (Fsp3) is 0.379. The molecule has 2 aromatic carbocycles. The normalized spacial score (nSPS) is 20.3. The average molecular weight is 592 g/mol. The molecule has 1 saturated carbocycles. The highest BCUT2D eigenvalue weighted by molar-refractivity contribution is 8.00. The van der Waals surface area contributed by atoms with E-state index in [-0.39, 0.29) is 29.7 Å². The fourth-order valence-corrected chi connectivity index (χ4v) is 6.62. The molecule has 3 fully saturated rings. The zero-order valence-corrected chi connectivity index (χ0v) is 23.6. The molecule has 3 aliphatic heterocycles. The van der Waals surface area contributed by atoms with Crippen molar-refractivity contribution in [1.82, 2.24) is 9.88 Å². The van der Waals surface area contributed by atoms with Crippen LogP contribution in [0.5, 0.6) is 5.75 Å². The van der Waals surface area contributed by atoms with Gasteiger partial charge in [-0.25, -0.2) is 9.59 Å². The fourth-order valence-electron chi connectivity index (χ4n) is 5.83. The van der Waals surface area contributed by atoms with Crippen LogP contribution < -0.4 is 30.6 Å². The molecule has 4 heterocycles. The number of nitrogens with one attached hydrogen (secondary N) is 2. The second kappa shape index (κ2) is 10.2. The summed E-state index contributed by atoms with van der Waals surface area (Å²) in [6.07, 6.45) is 2.55. The number of carboxylic acid groups (broad SMARTS) is 1. The van der Waals surface area contributed by atoms with Crippen molar-refractivity contribution in [3.05, 3.63) is 52.3 Å². The van der Waals surface area contributed by atoms with Crippen molar-refractivity contribution in [2.24, 2.45) is 0 Å². The van der Waals surface area contributed by atoms with Crippen LogP contribution in [0.15, 0.2) is 46.2 Å². The number of aromatic carboxylic acids is 1. The lowest BCUT2D eigenvalue weighted by molar-refractivity contribution is -0.113. The number of carbonyl (C=O) groups is 3. The number of amides is 2. The van der Waals surface area contributed by atoms with Crippen molar-refractivity contribution in [2.75, 3.05) is 54.2 Å². The number of methoxy groups -OCH3 is 1. The van der Waals surface area contributed by atoms with Crippen LogP contribution in [-0.2, 0) is 9.53 Å². The Labute approximate surface area is 244 Å². The summed E-state index contributed by atoms with van der Waals surface area (Å²) in [4.78, 5) is 53.8. The minimum absolute atomic E-state index is 0.0591. The Morgan fingerprint density at radius 2 is 1.98 bits per heavy atom. The van der Waals surface area contributed by atoms with Crippen LogP contribution in [0.2, 0.25) is 0 Å². The number of thioether (sulfide) groups is 1. The van der Waals surface area contributed by atoms with Crippen LogP contribution in [0.25, 0.3) is 10.9 Å². The van der Waals surface area contributed by atoms with Crippen molar-refractivity contribution in [3.63, 3.8) is 0 Å². The Morgan fingerprint density at radius 3 is 2.71 bits per heavy atom. The summed E-state index contributed by atoms with van der Waals surface area (Å²) in [6, 6.07) is 9.40. The Morgan fingerprint density at radius 1 is 1.17 bits per heavy atom. The van der Waals surface area contributed by atoms with Gasteiger partial charge >= 0.3 is 12.1 Å². The number of nitrogens with zero attached hydrogens (tertiary/aromatic N) is 3. The molecule has 2 saturated heterocycles. The summed E-state index contributed by atoms with van der Waals surface area (Å²) < 4.78 is 13.3. The van der Waals surface area contributed by atoms with Crippen LogP contribution in [0.3, 0.4) is 0 Å². The van der Waals surface area contributed by atoms with E-state index in [1.54, 1.807) is 18.1 Å². The predicted molar refractivity (Wildman–Crippen MR) is 157 cm³/mol. The molecule has 1 atom stereocenters. The highest BCUT2D eigenvalue weighted by atomic mass is 32.2. The lowest BCUT2D eigenvalue weighted by Crippen LogP contribution is -2.59. The van der Waals surface area contributed by atoms with Gasteiger partial charge in [0.1, 0.15) is 11.7 Å². The van der Waals surface area contributed by atoms with Crippen LogP contribution in [0.1, 0.15) is 29.2 Å². The minimum atomic E-state index is -1.23. The van der Waals surface area contributed by atoms with Gasteiger partial charge in [0.2, 0.25) is 11.3 Å². The molecular weight excluding hydrogens is 562 g/mol. The first-order valence-electron chi connectivity index (χ1n) is 13.8. The molecule has 4 aliphatic rings. The molecule has 218 valence electrons. The van der Waals surface area contributed by atoms with Gasteiger partial charge < -0.3 is 34.7 Å². The van der Waals surface area contributed by atoms with Crippen molar-refractivity contribution in [2.45, 2.75) is 35.9 Å². The number of cyclic esters (lactones) is 1. The van der Waals surface area contributed by atoms with Crippen molar-refractivity contribution >= 4 is 57.7 Å². The molecule has 0 radical (unpaired) electrons. The number of pyridine rings is 1. The zero-order chi connectivity index (χ0) is 29.1. The van der Waals surface area contributed by atoms with Crippen molar-refractivity contribution < 1.29 is 29.0 Å². The molecule has 1 aliphatic carbocycles. The number of rotatable bonds is 8. The number of fused-ring (bicyclic) bond motifs is 2. The van der Waals surface area contributed by atoms with E-state index in [0.717, 1.165) is 23.4 Å². The quantitative estimate of drug-likeness (QED) is 0.358. The second-order valence-electron chi connectivity index (χ2n) is 11.0. The topological polar surface area (TPSA) is 142 Å². The monoisotopic (exact) mass is 591 g/mol. The Bertz CT molecular complexity index is 1700. The molecule has 13 heteroatoms. The maximum atomic E-state index is 12.9. The highest BCUT2D eigenvalue weighted by Crippen LogP contribution is 2.43. The van der Waals surface area contributed by atoms with E-state index in [9.17, 15) is 24.3 Å². The number of hydrogen-bond acceptors (Lipinski definition) is 9. The van der Waals surface area contributed by atoms with Crippen LogP contribution >= 0.6 is 11.8 Å². The third-order valence-electron chi connectivity index (χ3n) is 8.14. The number of anilines is 3. The Kier molecular flexibility index (Phi) is 6.50. The van der Waals surface area contributed by atoms with Gasteiger partial charge in [-0.15, -0.1) is 11.8 Å². The molecule has 0 spiro atoms. The second-order valence-corrected chi connectivity index (χ2v) is 12.0. The summed E-state index contributed by atoms with van der Waals surface area (Å²) in [5.74, 6) is -0.349. The third-order valence-corrected chi connectivity index (χ3v) is 9.21. The predicted octanol–water partition coefficient (Wildman–Crippen LogP) is 2.89. The van der Waals surface area contributed by atoms with Crippen LogP contribution in [0, 0.1) is 0 Å². The molecule has 2 amide bonds. The van der Waals surface area contributed by atoms with E-state index in [0.29, 0.717) is 60.0 Å². The first-order chi connectivity index (χ1) is 20.3. The van der Waals surface area contributed by atoms with E-state index in [1.165, 1.54) is 18.0 Å². The standard InChI is InChI=1S/C29H29N5O7S/c1-40-27-22(6-5-19-25(27)33(16-2-3-16)13-20(26(19)36)28(37)38)32-10-15(11-32)30-9-18-12-34(29(39)41-18)17-4-7-23-21(8-17)31-24(35)14-42-23/h4-8,13,15-16,18,30H,2-3,9-12,14H2,1H3,(H,31,35)(H,37,38)/t18-/m1/s1. The van der Waals surface area contributed by atoms with Gasteiger partial charge in [0.05, 0.1) is 41.7 Å². The SMILES string of the molecule is COc1c(N2CC(NC[C@@H]3CN(c4ccc5c(c4)NC(=O)CS5)C(=O)O3)C2)ccc2c(=O)c(C(=O)O)cn(C3CC3)c12. The molecule has 3 N–H and O–H groups in total. The molecule has 7 rings (SSSR count). The van der Waals surface area contributed by atoms with Gasteiger partial charge in [-0.1, -0.05) is 0 Å². The van der Waals surface area contributed by atoms with Gasteiger partial charge in [-0.2, -0.15) is 0 Å². The first kappa shape index (κ1) is 26.7. The van der Waals surface area contributed by atoms with E-state index >= 15 is 0 Å². The van der Waals surface area contributed by atoms with E-state index in [4.69, 9.17) is 9.47 Å². The molecule has 12 nitrogen and oxygen atoms in total. The highest BCUT2D eigenvalue weighted by Gasteiger charge is 2.36. The number of carbonyl (C=O) groups excluding carboxylic acids is 2. The van der Waals surface area contributed by atoms with E-state index < -0.39 is 17.5 Å². The van der Waals surface area contributed by atoms with Crippen LogP contribution in [0.4, 0.5) is 21.9 Å². The lowest BCUT2D eigenvalue weighted by atomic mass is 10.0. The van der Waals surface area contributed by atoms with Gasteiger partial charge in [-0.05, 0) is 43.2 Å². The maximum absolute atomic E-state index is 12.9. The first-order valence-corrected chi connectivity index (χ1v) is 14.8. The van der Waals surface area contributed by atoms with E-state index in [1.807, 2.05) is 28.8 Å². The lowest BCUT2D eigenvalue weighted by Gasteiger charge is -2.42. The molecule has 42 heavy (non-hydrogen) atoms. The Balaban J connectivity index is 1.01. The van der Waals surface area contributed by atoms with Gasteiger partial charge in [0.25, 0.3) is 0 Å². The maximum Gasteiger partial charge on any atom is 0.414 e. The van der Waals surface area contributed by atoms with E-state index in [2.05, 4.69) is 15.5 Å². The third kappa shape index (κ3) is 4.62. The largest absolute Gasteiger partial charge is 0.492 e. The van der Waals surface area contributed by atoms with Crippen molar-refractivity contribution in [3.8, 4) is 5.75 Å². The van der Waals surface area contributed by atoms with Gasteiger partial charge in [0, 0.05) is 48.5 Å². The molecule has 0 bridgehead atoms. The molecular formula is C29H29N5O7S. The summed E-state index contributed by atoms with van der Waals surface area (Å²) in [6.45, 7) is 2.27. The number of carboxylic acids is 1. The minimum Gasteiger partial charge on any atom is -0.492 e.